The van der Waals surface area contributed by atoms with Crippen LogP contribution in [-0.4, -0.2) is 12.0 Å². The molecule has 0 bridgehead atoms. The Labute approximate surface area is 156 Å². The number of rotatable bonds is 3. The van der Waals surface area contributed by atoms with Crippen molar-refractivity contribution >= 4 is 5.91 Å². The van der Waals surface area contributed by atoms with Gasteiger partial charge in [0.15, 0.2) is 5.72 Å². The Balaban J connectivity index is 2.28. The van der Waals surface area contributed by atoms with Crippen LogP contribution >= 0.6 is 0 Å². The van der Waals surface area contributed by atoms with Crippen LogP contribution in [0, 0.1) is 0 Å². The fraction of sp³-hybridized carbons (Fsp3) is 0.316. The van der Waals surface area contributed by atoms with E-state index in [0.29, 0.717) is 6.07 Å². The lowest BCUT2D eigenvalue weighted by molar-refractivity contribution is -0.142. The number of carbonyl (C=O) groups excluding carboxylic acids is 1. The molecule has 2 aromatic rings. The molecule has 1 heterocycles. The van der Waals surface area contributed by atoms with E-state index in [9.17, 15) is 31.1 Å². The summed E-state index contributed by atoms with van der Waals surface area (Å²) in [5.74, 6) is -0.697. The Morgan fingerprint density at radius 3 is 2.25 bits per heavy atom. The maximum absolute atomic E-state index is 13.6. The summed E-state index contributed by atoms with van der Waals surface area (Å²) in [7, 11) is 0. The number of hydrogen-bond donors (Lipinski definition) is 1. The second-order valence-electron chi connectivity index (χ2n) is 6.31. The van der Waals surface area contributed by atoms with Crippen molar-refractivity contribution in [1.82, 2.24) is 5.32 Å². The molecule has 1 N–H and O–H groups in total. The second-order valence-corrected chi connectivity index (χ2v) is 6.31. The first-order valence-corrected chi connectivity index (χ1v) is 8.33. The number of ether oxygens (including phenoxy) is 1. The van der Waals surface area contributed by atoms with E-state index in [1.165, 1.54) is 12.1 Å². The van der Waals surface area contributed by atoms with Crippen molar-refractivity contribution in [3.63, 3.8) is 0 Å². The second kappa shape index (κ2) is 6.80. The van der Waals surface area contributed by atoms with Crippen LogP contribution in [0.4, 0.5) is 26.3 Å². The molecule has 0 saturated carbocycles. The topological polar surface area (TPSA) is 38.3 Å². The molecular formula is C19H15F6NO2. The minimum atomic E-state index is -4.80. The van der Waals surface area contributed by atoms with Gasteiger partial charge in [0.05, 0.1) is 11.1 Å². The van der Waals surface area contributed by atoms with Crippen LogP contribution in [0.25, 0.3) is 0 Å². The highest BCUT2D eigenvalue weighted by atomic mass is 19.4. The van der Waals surface area contributed by atoms with Crippen LogP contribution in [0.15, 0.2) is 48.5 Å². The smallest absolute Gasteiger partial charge is 0.334 e. The van der Waals surface area contributed by atoms with Gasteiger partial charge in [0.1, 0.15) is 6.10 Å². The van der Waals surface area contributed by atoms with Crippen molar-refractivity contribution in [2.24, 2.45) is 0 Å². The van der Waals surface area contributed by atoms with Gasteiger partial charge in [-0.2, -0.15) is 26.3 Å². The number of benzene rings is 2. The highest BCUT2D eigenvalue weighted by Crippen LogP contribution is 2.44. The first-order valence-electron chi connectivity index (χ1n) is 8.33. The third-order valence-corrected chi connectivity index (χ3v) is 4.49. The molecule has 3 rings (SSSR count). The van der Waals surface area contributed by atoms with E-state index < -0.39 is 46.8 Å². The molecule has 0 spiro atoms. The van der Waals surface area contributed by atoms with Crippen LogP contribution in [0.1, 0.15) is 35.6 Å². The number of amides is 1. The zero-order valence-electron chi connectivity index (χ0n) is 14.5. The summed E-state index contributed by atoms with van der Waals surface area (Å²) in [5, 5.41) is 2.36. The van der Waals surface area contributed by atoms with Gasteiger partial charge >= 0.3 is 12.4 Å². The van der Waals surface area contributed by atoms with Crippen molar-refractivity contribution in [2.75, 3.05) is 0 Å². The average Bonchev–Trinajstić information content (AvgIpc) is 2.98. The van der Waals surface area contributed by atoms with Crippen molar-refractivity contribution < 1.29 is 35.9 Å². The average molecular weight is 403 g/mol. The maximum Gasteiger partial charge on any atom is 0.416 e. The first kappa shape index (κ1) is 20.2. The largest absolute Gasteiger partial charge is 0.416 e. The van der Waals surface area contributed by atoms with E-state index in [4.69, 9.17) is 4.74 Å². The summed E-state index contributed by atoms with van der Waals surface area (Å²) in [6.45, 7) is 1.59. The van der Waals surface area contributed by atoms with E-state index in [0.717, 1.165) is 30.3 Å². The Morgan fingerprint density at radius 2 is 1.68 bits per heavy atom. The molecule has 0 aromatic heterocycles. The minimum Gasteiger partial charge on any atom is -0.334 e. The lowest BCUT2D eigenvalue weighted by atomic mass is 9.89. The van der Waals surface area contributed by atoms with Crippen LogP contribution < -0.4 is 5.32 Å². The molecule has 0 aliphatic carbocycles. The van der Waals surface area contributed by atoms with E-state index in [1.54, 1.807) is 6.92 Å². The van der Waals surface area contributed by atoms with Gasteiger partial charge < -0.3 is 10.1 Å². The van der Waals surface area contributed by atoms with Gasteiger partial charge in [0, 0.05) is 11.1 Å². The van der Waals surface area contributed by atoms with Gasteiger partial charge in [0.25, 0.3) is 5.91 Å². The van der Waals surface area contributed by atoms with Crippen molar-refractivity contribution in [3.05, 3.63) is 70.8 Å². The third kappa shape index (κ3) is 3.46. The number of alkyl halides is 6. The van der Waals surface area contributed by atoms with Crippen LogP contribution in [0.2, 0.25) is 0 Å². The Hall–Kier alpha value is -2.55. The monoisotopic (exact) mass is 403 g/mol. The summed E-state index contributed by atoms with van der Waals surface area (Å²) in [5.41, 5.74) is -5.09. The number of hydrogen-bond acceptors (Lipinski definition) is 2. The van der Waals surface area contributed by atoms with Crippen LogP contribution in [0.3, 0.4) is 0 Å². The molecule has 0 radical (unpaired) electrons. The molecule has 2 aromatic carbocycles. The normalized spacial score (nSPS) is 23.0. The Bertz CT molecular complexity index is 892. The molecule has 3 nitrogen and oxygen atoms in total. The molecule has 28 heavy (non-hydrogen) atoms. The molecule has 1 aliphatic rings. The van der Waals surface area contributed by atoms with E-state index in [2.05, 4.69) is 5.32 Å². The summed E-state index contributed by atoms with van der Waals surface area (Å²) < 4.78 is 85.9. The summed E-state index contributed by atoms with van der Waals surface area (Å²) in [6.07, 6.45) is -10.5. The lowest BCUT2D eigenvalue weighted by Gasteiger charge is -2.32. The predicted molar refractivity (Wildman–Crippen MR) is 87.0 cm³/mol. The Kier molecular flexibility index (Phi) is 4.91. The molecule has 2 atom stereocenters. The molecule has 150 valence electrons. The van der Waals surface area contributed by atoms with E-state index in [1.807, 2.05) is 0 Å². The number of halogens is 6. The van der Waals surface area contributed by atoms with Crippen LogP contribution in [0.5, 0.6) is 0 Å². The lowest BCUT2D eigenvalue weighted by Crippen LogP contribution is -2.42. The highest BCUT2D eigenvalue weighted by molar-refractivity contribution is 5.84. The molecule has 1 fully saturated rings. The van der Waals surface area contributed by atoms with E-state index in [-0.39, 0.29) is 12.0 Å². The molecular weight excluding hydrogens is 388 g/mol. The van der Waals surface area contributed by atoms with Gasteiger partial charge in [-0.3, -0.25) is 4.79 Å². The van der Waals surface area contributed by atoms with E-state index >= 15 is 0 Å². The van der Waals surface area contributed by atoms with Crippen molar-refractivity contribution in [3.8, 4) is 0 Å². The summed E-state index contributed by atoms with van der Waals surface area (Å²) in [6, 6.07) is 8.06. The molecule has 2 unspecified atom stereocenters. The summed E-state index contributed by atoms with van der Waals surface area (Å²) >= 11 is 0. The zero-order chi connectivity index (χ0) is 20.7. The number of nitrogens with one attached hydrogen (secondary N) is 1. The predicted octanol–water partition coefficient (Wildman–Crippen LogP) is 4.85. The minimum absolute atomic E-state index is 0.140. The molecule has 9 heteroatoms. The maximum atomic E-state index is 13.6. The van der Waals surface area contributed by atoms with Gasteiger partial charge in [0.2, 0.25) is 0 Å². The van der Waals surface area contributed by atoms with Crippen LogP contribution in [-0.2, 0) is 27.6 Å². The number of carbonyl (C=O) groups is 1. The fourth-order valence-electron chi connectivity index (χ4n) is 3.20. The van der Waals surface area contributed by atoms with Gasteiger partial charge in [-0.25, -0.2) is 0 Å². The quantitative estimate of drug-likeness (QED) is 0.745. The van der Waals surface area contributed by atoms with Gasteiger partial charge in [-0.1, -0.05) is 37.3 Å². The molecule has 1 aliphatic heterocycles. The SMILES string of the molecule is CCC1OC(c2cccc(C(F)(F)F)c2)(c2ccccc2C(F)(F)F)NC1=O. The summed E-state index contributed by atoms with van der Waals surface area (Å²) in [4.78, 5) is 12.3. The highest BCUT2D eigenvalue weighted by Gasteiger charge is 2.51. The first-order chi connectivity index (χ1) is 13.0. The van der Waals surface area contributed by atoms with Crippen molar-refractivity contribution in [1.29, 1.82) is 0 Å². The molecule has 1 amide bonds. The van der Waals surface area contributed by atoms with Gasteiger partial charge in [-0.15, -0.1) is 0 Å². The standard InChI is InChI=1S/C19H15F6NO2/c1-2-15-16(27)26-17(28-15,11-6-5-7-12(10-11)18(20,21)22)13-8-3-4-9-14(13)19(23,24)25/h3-10,15H,2H2,1H3,(H,26,27). The third-order valence-electron chi connectivity index (χ3n) is 4.49. The fourth-order valence-corrected chi connectivity index (χ4v) is 3.20. The zero-order valence-corrected chi connectivity index (χ0v) is 14.5. The molecule has 1 saturated heterocycles. The van der Waals surface area contributed by atoms with Crippen molar-refractivity contribution in [2.45, 2.75) is 37.5 Å². The Morgan fingerprint density at radius 1 is 1.00 bits per heavy atom. The van der Waals surface area contributed by atoms with Gasteiger partial charge in [-0.05, 0) is 24.6 Å².